The van der Waals surface area contributed by atoms with Crippen LogP contribution in [0.3, 0.4) is 0 Å². The molecular formula is C13H17ClN2O2. The molecule has 1 amide bonds. The van der Waals surface area contributed by atoms with Crippen molar-refractivity contribution < 1.29 is 9.53 Å². The summed E-state index contributed by atoms with van der Waals surface area (Å²) < 4.78 is 5.43. The topological polar surface area (TPSA) is 55.6 Å². The van der Waals surface area contributed by atoms with Crippen LogP contribution in [0.5, 0.6) is 5.75 Å². The standard InChI is InChI=1S/C13H17ClN2O2/c14-11-3-1-2-4-12(11)18-9-13(17)16-6-5-10(7-15)8-16/h1-4,10H,5-9,15H2/t10-/m1/s1. The van der Waals surface area contributed by atoms with E-state index in [1.54, 1.807) is 17.0 Å². The fourth-order valence-corrected chi connectivity index (χ4v) is 2.23. The second kappa shape index (κ2) is 6.07. The van der Waals surface area contributed by atoms with Crippen LogP contribution in [0.15, 0.2) is 24.3 Å². The van der Waals surface area contributed by atoms with Crippen LogP contribution in [-0.4, -0.2) is 37.0 Å². The quantitative estimate of drug-likeness (QED) is 0.901. The van der Waals surface area contributed by atoms with E-state index in [9.17, 15) is 4.79 Å². The van der Waals surface area contributed by atoms with Crippen molar-refractivity contribution in [2.24, 2.45) is 11.7 Å². The number of ether oxygens (including phenoxy) is 1. The number of hydrogen-bond acceptors (Lipinski definition) is 3. The van der Waals surface area contributed by atoms with Crippen molar-refractivity contribution in [3.8, 4) is 5.75 Å². The summed E-state index contributed by atoms with van der Waals surface area (Å²) in [6, 6.07) is 7.14. The van der Waals surface area contributed by atoms with E-state index in [0.29, 0.717) is 23.2 Å². The van der Waals surface area contributed by atoms with Crippen LogP contribution in [0.1, 0.15) is 6.42 Å². The Morgan fingerprint density at radius 2 is 2.28 bits per heavy atom. The number of nitrogens with zero attached hydrogens (tertiary/aromatic N) is 1. The van der Waals surface area contributed by atoms with E-state index in [-0.39, 0.29) is 12.5 Å². The lowest BCUT2D eigenvalue weighted by Crippen LogP contribution is -2.33. The molecule has 5 heteroatoms. The number of nitrogens with two attached hydrogens (primary N) is 1. The molecule has 1 aliphatic rings. The van der Waals surface area contributed by atoms with Gasteiger partial charge in [0, 0.05) is 13.1 Å². The smallest absolute Gasteiger partial charge is 0.260 e. The van der Waals surface area contributed by atoms with Gasteiger partial charge >= 0.3 is 0 Å². The predicted octanol–water partition coefficient (Wildman–Crippen LogP) is 1.53. The maximum Gasteiger partial charge on any atom is 0.260 e. The van der Waals surface area contributed by atoms with E-state index < -0.39 is 0 Å². The number of benzene rings is 1. The van der Waals surface area contributed by atoms with Gasteiger partial charge in [0.15, 0.2) is 6.61 Å². The zero-order valence-electron chi connectivity index (χ0n) is 10.1. The Bertz CT molecular complexity index is 425. The summed E-state index contributed by atoms with van der Waals surface area (Å²) in [6.45, 7) is 2.17. The molecule has 2 rings (SSSR count). The van der Waals surface area contributed by atoms with Gasteiger partial charge in [0.1, 0.15) is 5.75 Å². The fourth-order valence-electron chi connectivity index (χ4n) is 2.04. The number of para-hydroxylation sites is 1. The lowest BCUT2D eigenvalue weighted by Gasteiger charge is -2.16. The molecule has 0 radical (unpaired) electrons. The van der Waals surface area contributed by atoms with Crippen LogP contribution in [0.4, 0.5) is 0 Å². The van der Waals surface area contributed by atoms with E-state index in [0.717, 1.165) is 19.5 Å². The number of carbonyl (C=O) groups excluding carboxylic acids is 1. The molecule has 0 aliphatic carbocycles. The Labute approximate surface area is 112 Å². The Morgan fingerprint density at radius 3 is 2.94 bits per heavy atom. The number of hydrogen-bond donors (Lipinski definition) is 1. The van der Waals surface area contributed by atoms with Crippen LogP contribution < -0.4 is 10.5 Å². The Hall–Kier alpha value is -1.26. The first-order chi connectivity index (χ1) is 8.70. The van der Waals surface area contributed by atoms with Gasteiger partial charge in [-0.05, 0) is 31.0 Å². The summed E-state index contributed by atoms with van der Waals surface area (Å²) in [6.07, 6.45) is 0.980. The van der Waals surface area contributed by atoms with E-state index in [1.807, 2.05) is 12.1 Å². The Kier molecular flexibility index (Phi) is 4.44. The molecule has 0 bridgehead atoms. The average molecular weight is 269 g/mol. The number of halogens is 1. The molecule has 0 saturated carbocycles. The van der Waals surface area contributed by atoms with Crippen LogP contribution in [-0.2, 0) is 4.79 Å². The van der Waals surface area contributed by atoms with E-state index in [1.165, 1.54) is 0 Å². The van der Waals surface area contributed by atoms with E-state index >= 15 is 0 Å². The third-order valence-corrected chi connectivity index (χ3v) is 3.47. The number of carbonyl (C=O) groups is 1. The molecule has 0 unspecified atom stereocenters. The maximum absolute atomic E-state index is 11.9. The minimum Gasteiger partial charge on any atom is -0.482 e. The van der Waals surface area contributed by atoms with Crippen molar-refractivity contribution in [3.63, 3.8) is 0 Å². The van der Waals surface area contributed by atoms with Crippen molar-refractivity contribution >= 4 is 17.5 Å². The molecule has 2 N–H and O–H groups in total. The van der Waals surface area contributed by atoms with Crippen molar-refractivity contribution in [3.05, 3.63) is 29.3 Å². The van der Waals surface area contributed by atoms with Gasteiger partial charge < -0.3 is 15.4 Å². The summed E-state index contributed by atoms with van der Waals surface area (Å²) in [5.74, 6) is 0.960. The third kappa shape index (κ3) is 3.15. The van der Waals surface area contributed by atoms with Gasteiger partial charge in [-0.3, -0.25) is 4.79 Å². The summed E-state index contributed by atoms with van der Waals surface area (Å²) in [5, 5.41) is 0.520. The van der Waals surface area contributed by atoms with Crippen molar-refractivity contribution in [1.29, 1.82) is 0 Å². The molecule has 1 aliphatic heterocycles. The molecule has 1 aromatic carbocycles. The first kappa shape index (κ1) is 13.2. The Balaban J connectivity index is 1.84. The van der Waals surface area contributed by atoms with Gasteiger partial charge in [-0.25, -0.2) is 0 Å². The van der Waals surface area contributed by atoms with Gasteiger partial charge in [-0.1, -0.05) is 23.7 Å². The van der Waals surface area contributed by atoms with Crippen molar-refractivity contribution in [2.45, 2.75) is 6.42 Å². The summed E-state index contributed by atoms with van der Waals surface area (Å²) in [4.78, 5) is 13.7. The molecular weight excluding hydrogens is 252 g/mol. The van der Waals surface area contributed by atoms with Crippen LogP contribution in [0.2, 0.25) is 5.02 Å². The zero-order valence-corrected chi connectivity index (χ0v) is 10.9. The molecule has 98 valence electrons. The highest BCUT2D eigenvalue weighted by Crippen LogP contribution is 2.23. The van der Waals surface area contributed by atoms with Gasteiger partial charge in [0.05, 0.1) is 5.02 Å². The van der Waals surface area contributed by atoms with Crippen LogP contribution in [0.25, 0.3) is 0 Å². The molecule has 18 heavy (non-hydrogen) atoms. The largest absolute Gasteiger partial charge is 0.482 e. The van der Waals surface area contributed by atoms with Crippen LogP contribution >= 0.6 is 11.6 Å². The molecule has 1 heterocycles. The first-order valence-corrected chi connectivity index (χ1v) is 6.43. The Morgan fingerprint density at radius 1 is 1.50 bits per heavy atom. The minimum atomic E-state index is -0.00845. The SMILES string of the molecule is NC[C@H]1CCN(C(=O)COc2ccccc2Cl)C1. The maximum atomic E-state index is 11.9. The highest BCUT2D eigenvalue weighted by molar-refractivity contribution is 6.32. The summed E-state index contributed by atoms with van der Waals surface area (Å²) >= 11 is 5.95. The normalized spacial score (nSPS) is 19.0. The molecule has 0 spiro atoms. The van der Waals surface area contributed by atoms with Gasteiger partial charge in [-0.2, -0.15) is 0 Å². The molecule has 1 atom stereocenters. The monoisotopic (exact) mass is 268 g/mol. The van der Waals surface area contributed by atoms with Gasteiger partial charge in [0.25, 0.3) is 5.91 Å². The summed E-state index contributed by atoms with van der Waals surface area (Å²) in [5.41, 5.74) is 5.59. The van der Waals surface area contributed by atoms with Gasteiger partial charge in [-0.15, -0.1) is 0 Å². The lowest BCUT2D eigenvalue weighted by atomic mass is 10.1. The molecule has 0 aromatic heterocycles. The number of rotatable bonds is 4. The molecule has 1 aromatic rings. The number of likely N-dealkylation sites (tertiary alicyclic amines) is 1. The third-order valence-electron chi connectivity index (χ3n) is 3.16. The van der Waals surface area contributed by atoms with Crippen molar-refractivity contribution in [1.82, 2.24) is 4.90 Å². The number of amides is 1. The zero-order chi connectivity index (χ0) is 13.0. The van der Waals surface area contributed by atoms with Gasteiger partial charge in [0.2, 0.25) is 0 Å². The lowest BCUT2D eigenvalue weighted by molar-refractivity contribution is -0.132. The first-order valence-electron chi connectivity index (χ1n) is 6.06. The summed E-state index contributed by atoms with van der Waals surface area (Å²) in [7, 11) is 0. The average Bonchev–Trinajstić information content (AvgIpc) is 2.86. The highest BCUT2D eigenvalue weighted by atomic mass is 35.5. The van der Waals surface area contributed by atoms with E-state index in [2.05, 4.69) is 0 Å². The highest BCUT2D eigenvalue weighted by Gasteiger charge is 2.25. The second-order valence-corrected chi connectivity index (χ2v) is 4.86. The fraction of sp³-hybridized carbons (Fsp3) is 0.462. The van der Waals surface area contributed by atoms with E-state index in [4.69, 9.17) is 22.1 Å². The van der Waals surface area contributed by atoms with Crippen LogP contribution in [0, 0.1) is 5.92 Å². The molecule has 4 nitrogen and oxygen atoms in total. The molecule has 1 fully saturated rings. The minimum absolute atomic E-state index is 0.00845. The predicted molar refractivity (Wildman–Crippen MR) is 70.7 cm³/mol. The second-order valence-electron chi connectivity index (χ2n) is 4.45. The molecule has 1 saturated heterocycles. The van der Waals surface area contributed by atoms with Crippen molar-refractivity contribution in [2.75, 3.05) is 26.2 Å².